The van der Waals surface area contributed by atoms with Crippen molar-refractivity contribution in [2.24, 2.45) is 0 Å². The largest absolute Gasteiger partial charge is 0.508 e. The van der Waals surface area contributed by atoms with Gasteiger partial charge in [-0.05, 0) is 18.2 Å². The molecule has 1 N–H and O–H groups in total. The zero-order valence-corrected chi connectivity index (χ0v) is 10.5. The molecule has 4 nitrogen and oxygen atoms in total. The zero-order valence-electron chi connectivity index (χ0n) is 10.5. The summed E-state index contributed by atoms with van der Waals surface area (Å²) < 4.78 is 10.3. The lowest BCUT2D eigenvalue weighted by molar-refractivity contribution is -0.139. The van der Waals surface area contributed by atoms with Crippen LogP contribution in [0.25, 0.3) is 0 Å². The van der Waals surface area contributed by atoms with Gasteiger partial charge in [0.25, 0.3) is 0 Å². The van der Waals surface area contributed by atoms with E-state index >= 15 is 0 Å². The lowest BCUT2D eigenvalue weighted by Gasteiger charge is -2.11. The minimum absolute atomic E-state index is 0.0829. The molecule has 0 aliphatic heterocycles. The number of phenols is 1. The Bertz CT molecular complexity index is 564. The number of rotatable bonds is 4. The van der Waals surface area contributed by atoms with Crippen LogP contribution in [0.3, 0.4) is 0 Å². The molecule has 0 heterocycles. The molecule has 2 aromatic carbocycles. The van der Waals surface area contributed by atoms with Gasteiger partial charge < -0.3 is 14.6 Å². The molecule has 4 heteroatoms. The van der Waals surface area contributed by atoms with Crippen LogP contribution in [0, 0.1) is 0 Å². The van der Waals surface area contributed by atoms with Crippen LogP contribution in [0.15, 0.2) is 48.5 Å². The number of carbonyl (C=O) groups excluding carboxylic acids is 1. The maximum Gasteiger partial charge on any atom is 0.310 e. The fourth-order valence-corrected chi connectivity index (χ4v) is 1.63. The number of benzene rings is 2. The smallest absolute Gasteiger partial charge is 0.310 e. The van der Waals surface area contributed by atoms with Crippen molar-refractivity contribution in [3.05, 3.63) is 54.1 Å². The third-order valence-electron chi connectivity index (χ3n) is 2.58. The second kappa shape index (κ2) is 5.91. The van der Waals surface area contributed by atoms with Crippen molar-refractivity contribution in [2.75, 3.05) is 7.11 Å². The number of ether oxygens (including phenoxy) is 2. The summed E-state index contributed by atoms with van der Waals surface area (Å²) in [4.78, 5) is 11.3. The van der Waals surface area contributed by atoms with Crippen molar-refractivity contribution in [2.45, 2.75) is 6.42 Å². The molecule has 98 valence electrons. The molecular formula is C15H14O4. The molecule has 2 rings (SSSR count). The van der Waals surface area contributed by atoms with Crippen molar-refractivity contribution < 1.29 is 19.4 Å². The number of phenolic OH excluding ortho intramolecular Hbond substituents is 1. The second-order valence-corrected chi connectivity index (χ2v) is 3.96. The second-order valence-electron chi connectivity index (χ2n) is 3.96. The highest BCUT2D eigenvalue weighted by molar-refractivity contribution is 5.73. The van der Waals surface area contributed by atoms with Gasteiger partial charge in [-0.1, -0.05) is 24.3 Å². The Morgan fingerprint density at radius 1 is 1.16 bits per heavy atom. The van der Waals surface area contributed by atoms with Gasteiger partial charge in [0.1, 0.15) is 17.2 Å². The van der Waals surface area contributed by atoms with E-state index in [9.17, 15) is 9.90 Å². The molecule has 19 heavy (non-hydrogen) atoms. The van der Waals surface area contributed by atoms with Crippen molar-refractivity contribution in [1.29, 1.82) is 0 Å². The SMILES string of the molecule is COC(=O)Cc1ccc(O)cc1Oc1ccccc1. The Labute approximate surface area is 111 Å². The number of methoxy groups -OCH3 is 1. The third-order valence-corrected chi connectivity index (χ3v) is 2.58. The third kappa shape index (κ3) is 3.48. The van der Waals surface area contributed by atoms with E-state index in [1.165, 1.54) is 19.2 Å². The van der Waals surface area contributed by atoms with Crippen LogP contribution in [-0.2, 0) is 16.0 Å². The van der Waals surface area contributed by atoms with Gasteiger partial charge in [-0.15, -0.1) is 0 Å². The molecule has 0 atom stereocenters. The minimum Gasteiger partial charge on any atom is -0.508 e. The molecule has 0 fully saturated rings. The summed E-state index contributed by atoms with van der Waals surface area (Å²) in [5, 5.41) is 9.51. The Kier molecular flexibility index (Phi) is 4.03. The van der Waals surface area contributed by atoms with Crippen molar-refractivity contribution in [3.8, 4) is 17.2 Å². The van der Waals surface area contributed by atoms with Crippen LogP contribution in [0.4, 0.5) is 0 Å². The first-order valence-electron chi connectivity index (χ1n) is 5.80. The van der Waals surface area contributed by atoms with Gasteiger partial charge in [0.2, 0.25) is 0 Å². The first-order valence-corrected chi connectivity index (χ1v) is 5.80. The quantitative estimate of drug-likeness (QED) is 0.857. The van der Waals surface area contributed by atoms with Crippen LogP contribution in [-0.4, -0.2) is 18.2 Å². The summed E-state index contributed by atoms with van der Waals surface area (Å²) in [5.41, 5.74) is 0.661. The number of para-hydroxylation sites is 1. The molecule has 0 amide bonds. The Morgan fingerprint density at radius 3 is 2.58 bits per heavy atom. The first kappa shape index (κ1) is 13.0. The Morgan fingerprint density at radius 2 is 1.89 bits per heavy atom. The first-order chi connectivity index (χ1) is 9.19. The molecular weight excluding hydrogens is 244 g/mol. The van der Waals surface area contributed by atoms with Crippen molar-refractivity contribution in [3.63, 3.8) is 0 Å². The van der Waals surface area contributed by atoms with Crippen LogP contribution in [0.2, 0.25) is 0 Å². The molecule has 2 aromatic rings. The fraction of sp³-hybridized carbons (Fsp3) is 0.133. The number of hydrogen-bond acceptors (Lipinski definition) is 4. The number of esters is 1. The summed E-state index contributed by atoms with van der Waals surface area (Å²) in [6.45, 7) is 0. The van der Waals surface area contributed by atoms with Gasteiger partial charge in [-0.2, -0.15) is 0 Å². The zero-order chi connectivity index (χ0) is 13.7. The highest BCUT2D eigenvalue weighted by Gasteiger charge is 2.11. The molecule has 0 saturated carbocycles. The van der Waals surface area contributed by atoms with Gasteiger partial charge in [0.05, 0.1) is 13.5 Å². The van der Waals surface area contributed by atoms with Crippen LogP contribution in [0.5, 0.6) is 17.2 Å². The normalized spacial score (nSPS) is 9.95. The Hall–Kier alpha value is -2.49. The maximum atomic E-state index is 11.3. The van der Waals surface area contributed by atoms with E-state index in [1.54, 1.807) is 18.2 Å². The predicted molar refractivity (Wildman–Crippen MR) is 70.3 cm³/mol. The summed E-state index contributed by atoms with van der Waals surface area (Å²) in [5.74, 6) is 0.805. The standard InChI is InChI=1S/C15H14O4/c1-18-15(17)9-11-7-8-12(16)10-14(11)19-13-5-3-2-4-6-13/h2-8,10,16H,9H2,1H3. The number of aromatic hydroxyl groups is 1. The van der Waals surface area contributed by atoms with Gasteiger partial charge in [-0.25, -0.2) is 0 Å². The van der Waals surface area contributed by atoms with E-state index in [2.05, 4.69) is 4.74 Å². The summed E-state index contributed by atoms with van der Waals surface area (Å²) in [7, 11) is 1.33. The average Bonchev–Trinajstić information content (AvgIpc) is 2.43. The molecule has 0 radical (unpaired) electrons. The molecule has 0 unspecified atom stereocenters. The van der Waals surface area contributed by atoms with Crippen LogP contribution < -0.4 is 4.74 Å². The molecule has 0 aliphatic carbocycles. The minimum atomic E-state index is -0.358. The van der Waals surface area contributed by atoms with E-state index in [4.69, 9.17) is 4.74 Å². The molecule has 0 aromatic heterocycles. The van der Waals surface area contributed by atoms with Gasteiger partial charge in [0, 0.05) is 11.6 Å². The number of carbonyl (C=O) groups is 1. The van der Waals surface area contributed by atoms with E-state index < -0.39 is 0 Å². The number of hydrogen-bond donors (Lipinski definition) is 1. The van der Waals surface area contributed by atoms with Gasteiger partial charge >= 0.3 is 5.97 Å². The molecule has 0 spiro atoms. The van der Waals surface area contributed by atoms with Crippen molar-refractivity contribution >= 4 is 5.97 Å². The fourth-order valence-electron chi connectivity index (χ4n) is 1.63. The lowest BCUT2D eigenvalue weighted by Crippen LogP contribution is -2.05. The maximum absolute atomic E-state index is 11.3. The van der Waals surface area contributed by atoms with Gasteiger partial charge in [-0.3, -0.25) is 4.79 Å². The predicted octanol–water partition coefficient (Wildman–Crippen LogP) is 2.90. The molecule has 0 saturated heterocycles. The topological polar surface area (TPSA) is 55.8 Å². The molecule has 0 bridgehead atoms. The van der Waals surface area contributed by atoms with Crippen LogP contribution >= 0.6 is 0 Å². The summed E-state index contributed by atoms with van der Waals surface area (Å²) >= 11 is 0. The molecule has 0 aliphatic rings. The van der Waals surface area contributed by atoms with Gasteiger partial charge in [0.15, 0.2) is 0 Å². The summed E-state index contributed by atoms with van der Waals surface area (Å²) in [6.07, 6.45) is 0.0962. The van der Waals surface area contributed by atoms with Crippen LogP contribution in [0.1, 0.15) is 5.56 Å². The summed E-state index contributed by atoms with van der Waals surface area (Å²) in [6, 6.07) is 13.8. The highest BCUT2D eigenvalue weighted by atomic mass is 16.5. The van der Waals surface area contributed by atoms with Crippen molar-refractivity contribution in [1.82, 2.24) is 0 Å². The van der Waals surface area contributed by atoms with E-state index in [1.807, 2.05) is 18.2 Å². The van der Waals surface area contributed by atoms with E-state index in [0.29, 0.717) is 17.1 Å². The average molecular weight is 258 g/mol. The highest BCUT2D eigenvalue weighted by Crippen LogP contribution is 2.29. The monoisotopic (exact) mass is 258 g/mol. The Balaban J connectivity index is 2.27. The van der Waals surface area contributed by atoms with E-state index in [0.717, 1.165) is 0 Å². The van der Waals surface area contributed by atoms with E-state index in [-0.39, 0.29) is 18.1 Å². The lowest BCUT2D eigenvalue weighted by atomic mass is 10.1.